The maximum Gasteiger partial charge on any atom is 0.0486 e. The van der Waals surface area contributed by atoms with Crippen LogP contribution in [0.3, 0.4) is 0 Å². The number of pyridine rings is 1. The maximum absolute atomic E-state index is 4.08. The van der Waals surface area contributed by atoms with E-state index in [9.17, 15) is 0 Å². The molecule has 1 aliphatic rings. The summed E-state index contributed by atoms with van der Waals surface area (Å²) < 4.78 is 0. The first-order valence-corrected chi connectivity index (χ1v) is 7.12. The number of hydrogen-bond acceptors (Lipinski definition) is 2. The van der Waals surface area contributed by atoms with Gasteiger partial charge in [-0.2, -0.15) is 0 Å². The number of rotatable bonds is 3. The smallest absolute Gasteiger partial charge is 0.0486 e. The molecular weight excluding hydrogens is 232 g/mol. The minimum atomic E-state index is 0.316. The standard InChI is InChI=1S/C17H20N2/c1-13(14-9-11-18-12-10-14)19-17-8-4-6-15-5-2-3-7-16(15)17/h4,6,8-13,19H,2-3,5,7H2,1H3. The van der Waals surface area contributed by atoms with Crippen LogP contribution in [-0.4, -0.2) is 4.98 Å². The van der Waals surface area contributed by atoms with Gasteiger partial charge in [0.25, 0.3) is 0 Å². The Morgan fingerprint density at radius 2 is 1.84 bits per heavy atom. The van der Waals surface area contributed by atoms with E-state index in [4.69, 9.17) is 0 Å². The van der Waals surface area contributed by atoms with Gasteiger partial charge in [-0.25, -0.2) is 0 Å². The number of aryl methyl sites for hydroxylation is 1. The average molecular weight is 252 g/mol. The Morgan fingerprint density at radius 1 is 1.05 bits per heavy atom. The van der Waals surface area contributed by atoms with Gasteiger partial charge in [0.15, 0.2) is 0 Å². The summed E-state index contributed by atoms with van der Waals surface area (Å²) in [6.45, 7) is 2.21. The topological polar surface area (TPSA) is 24.9 Å². The van der Waals surface area contributed by atoms with Crippen LogP contribution in [0.15, 0.2) is 42.7 Å². The quantitative estimate of drug-likeness (QED) is 0.888. The molecule has 2 nitrogen and oxygen atoms in total. The van der Waals surface area contributed by atoms with Crippen LogP contribution in [0.5, 0.6) is 0 Å². The molecule has 2 heteroatoms. The highest BCUT2D eigenvalue weighted by Gasteiger charge is 2.14. The summed E-state index contributed by atoms with van der Waals surface area (Å²) in [5.41, 5.74) is 5.64. The normalized spacial score (nSPS) is 15.6. The number of fused-ring (bicyclic) bond motifs is 1. The van der Waals surface area contributed by atoms with Gasteiger partial charge >= 0.3 is 0 Å². The van der Waals surface area contributed by atoms with E-state index in [1.165, 1.54) is 48.1 Å². The second-order valence-electron chi connectivity index (χ2n) is 5.30. The predicted octanol–water partition coefficient (Wildman–Crippen LogP) is 4.13. The molecule has 19 heavy (non-hydrogen) atoms. The SMILES string of the molecule is CC(Nc1cccc2c1CCCC2)c1ccncc1. The monoisotopic (exact) mass is 252 g/mol. The molecule has 1 atom stereocenters. The van der Waals surface area contributed by atoms with E-state index in [0.717, 1.165) is 0 Å². The summed E-state index contributed by atoms with van der Waals surface area (Å²) in [7, 11) is 0. The van der Waals surface area contributed by atoms with E-state index < -0.39 is 0 Å². The van der Waals surface area contributed by atoms with Crippen molar-refractivity contribution in [2.45, 2.75) is 38.6 Å². The lowest BCUT2D eigenvalue weighted by molar-refractivity contribution is 0.685. The molecule has 1 aromatic carbocycles. The van der Waals surface area contributed by atoms with E-state index in [1.54, 1.807) is 0 Å². The Hall–Kier alpha value is -1.83. The lowest BCUT2D eigenvalue weighted by atomic mass is 9.90. The summed E-state index contributed by atoms with van der Waals surface area (Å²) in [6.07, 6.45) is 8.80. The van der Waals surface area contributed by atoms with Crippen LogP contribution in [0.1, 0.15) is 42.5 Å². The highest BCUT2D eigenvalue weighted by molar-refractivity contribution is 5.56. The highest BCUT2D eigenvalue weighted by atomic mass is 14.9. The van der Waals surface area contributed by atoms with E-state index in [2.05, 4.69) is 47.6 Å². The van der Waals surface area contributed by atoms with Crippen LogP contribution in [0.25, 0.3) is 0 Å². The van der Waals surface area contributed by atoms with Crippen molar-refractivity contribution >= 4 is 5.69 Å². The zero-order valence-corrected chi connectivity index (χ0v) is 11.4. The first kappa shape index (κ1) is 12.2. The van der Waals surface area contributed by atoms with Crippen molar-refractivity contribution in [3.63, 3.8) is 0 Å². The average Bonchev–Trinajstić information content (AvgIpc) is 2.48. The maximum atomic E-state index is 4.08. The van der Waals surface area contributed by atoms with Gasteiger partial charge in [0.2, 0.25) is 0 Å². The zero-order chi connectivity index (χ0) is 13.1. The minimum absolute atomic E-state index is 0.316. The Kier molecular flexibility index (Phi) is 3.49. The van der Waals surface area contributed by atoms with Crippen LogP contribution in [0.4, 0.5) is 5.69 Å². The van der Waals surface area contributed by atoms with Gasteiger partial charge in [0, 0.05) is 24.1 Å². The third-order valence-corrected chi connectivity index (χ3v) is 3.97. The zero-order valence-electron chi connectivity index (χ0n) is 11.4. The number of nitrogens with one attached hydrogen (secondary N) is 1. The Balaban J connectivity index is 1.84. The van der Waals surface area contributed by atoms with Gasteiger partial charge < -0.3 is 5.32 Å². The molecule has 3 rings (SSSR count). The van der Waals surface area contributed by atoms with Crippen molar-refractivity contribution in [3.8, 4) is 0 Å². The Morgan fingerprint density at radius 3 is 2.68 bits per heavy atom. The number of hydrogen-bond donors (Lipinski definition) is 1. The molecular formula is C17H20N2. The van der Waals surface area contributed by atoms with Gasteiger partial charge in [-0.15, -0.1) is 0 Å². The lowest BCUT2D eigenvalue weighted by Crippen LogP contribution is -2.11. The van der Waals surface area contributed by atoms with Crippen LogP contribution >= 0.6 is 0 Å². The van der Waals surface area contributed by atoms with Crippen molar-refractivity contribution in [1.82, 2.24) is 4.98 Å². The minimum Gasteiger partial charge on any atom is -0.378 e. The highest BCUT2D eigenvalue weighted by Crippen LogP contribution is 2.30. The fourth-order valence-electron chi connectivity index (χ4n) is 2.89. The van der Waals surface area contributed by atoms with Crippen LogP contribution < -0.4 is 5.32 Å². The molecule has 0 radical (unpaired) electrons. The molecule has 1 heterocycles. The van der Waals surface area contributed by atoms with E-state index in [1.807, 2.05) is 12.4 Å². The Bertz CT molecular complexity index is 548. The second kappa shape index (κ2) is 5.43. The molecule has 1 aliphatic carbocycles. The lowest BCUT2D eigenvalue weighted by Gasteiger charge is -2.23. The fourth-order valence-corrected chi connectivity index (χ4v) is 2.89. The predicted molar refractivity (Wildman–Crippen MR) is 79.4 cm³/mol. The molecule has 1 N–H and O–H groups in total. The van der Waals surface area contributed by atoms with Crippen LogP contribution in [-0.2, 0) is 12.8 Å². The van der Waals surface area contributed by atoms with Crippen molar-refractivity contribution in [1.29, 1.82) is 0 Å². The van der Waals surface area contributed by atoms with Crippen molar-refractivity contribution in [2.24, 2.45) is 0 Å². The van der Waals surface area contributed by atoms with Crippen molar-refractivity contribution in [3.05, 3.63) is 59.4 Å². The third kappa shape index (κ3) is 2.62. The van der Waals surface area contributed by atoms with Crippen LogP contribution in [0, 0.1) is 0 Å². The van der Waals surface area contributed by atoms with E-state index in [0.29, 0.717) is 6.04 Å². The molecule has 0 amide bonds. The summed E-state index contributed by atoms with van der Waals surface area (Å²) in [5, 5.41) is 3.66. The molecule has 1 unspecified atom stereocenters. The summed E-state index contributed by atoms with van der Waals surface area (Å²) in [6, 6.07) is 11.1. The molecule has 98 valence electrons. The number of aromatic nitrogens is 1. The number of anilines is 1. The summed E-state index contributed by atoms with van der Waals surface area (Å²) in [4.78, 5) is 4.08. The molecule has 0 saturated carbocycles. The third-order valence-electron chi connectivity index (χ3n) is 3.97. The molecule has 0 saturated heterocycles. The molecule has 0 fully saturated rings. The van der Waals surface area contributed by atoms with Gasteiger partial charge in [-0.3, -0.25) is 4.98 Å². The molecule has 2 aromatic rings. The van der Waals surface area contributed by atoms with Gasteiger partial charge in [0.1, 0.15) is 0 Å². The van der Waals surface area contributed by atoms with E-state index in [-0.39, 0.29) is 0 Å². The molecule has 0 spiro atoms. The first-order valence-electron chi connectivity index (χ1n) is 7.12. The van der Waals surface area contributed by atoms with E-state index >= 15 is 0 Å². The molecule has 0 bridgehead atoms. The van der Waals surface area contributed by atoms with Crippen LogP contribution in [0.2, 0.25) is 0 Å². The molecule has 1 aromatic heterocycles. The largest absolute Gasteiger partial charge is 0.378 e. The summed E-state index contributed by atoms with van der Waals surface area (Å²) >= 11 is 0. The Labute approximate surface area is 114 Å². The summed E-state index contributed by atoms with van der Waals surface area (Å²) in [5.74, 6) is 0. The van der Waals surface area contributed by atoms with Gasteiger partial charge in [-0.1, -0.05) is 12.1 Å². The number of benzene rings is 1. The van der Waals surface area contributed by atoms with Gasteiger partial charge in [-0.05, 0) is 67.5 Å². The van der Waals surface area contributed by atoms with Gasteiger partial charge in [0.05, 0.1) is 0 Å². The second-order valence-corrected chi connectivity index (χ2v) is 5.30. The number of nitrogens with zero attached hydrogens (tertiary/aromatic N) is 1. The first-order chi connectivity index (χ1) is 9.34. The molecule has 0 aliphatic heterocycles. The van der Waals surface area contributed by atoms with Crippen molar-refractivity contribution in [2.75, 3.05) is 5.32 Å². The van der Waals surface area contributed by atoms with Crippen molar-refractivity contribution < 1.29 is 0 Å². The fraction of sp³-hybridized carbons (Fsp3) is 0.353.